The van der Waals surface area contributed by atoms with E-state index in [9.17, 15) is 0 Å². The van der Waals surface area contributed by atoms with Crippen LogP contribution in [0.4, 0.5) is 0 Å². The molecular weight excluding hydrogens is 106 g/mol. The van der Waals surface area contributed by atoms with Crippen LogP contribution >= 0.6 is 0 Å². The molecule has 1 unspecified atom stereocenters. The summed E-state index contributed by atoms with van der Waals surface area (Å²) in [6.07, 6.45) is -0.559. The van der Waals surface area contributed by atoms with Gasteiger partial charge in [0.05, 0.1) is 0 Å². The van der Waals surface area contributed by atoms with E-state index in [1.807, 2.05) is 0 Å². The number of ether oxygens (including phenoxy) is 1. The molecule has 0 aromatic carbocycles. The van der Waals surface area contributed by atoms with E-state index in [1.165, 1.54) is 7.11 Å². The van der Waals surface area contributed by atoms with Crippen LogP contribution in [0.1, 0.15) is 0 Å². The fraction of sp³-hybridized carbons (Fsp3) is 1.00. The number of aliphatic hydroxyl groups excluding tert-OH is 1. The van der Waals surface area contributed by atoms with E-state index in [1.54, 1.807) is 0 Å². The summed E-state index contributed by atoms with van der Waals surface area (Å²) < 4.78 is 4.67. The summed E-state index contributed by atoms with van der Waals surface area (Å²) in [5.41, 5.74) is 0. The third-order valence-corrected chi connectivity index (χ3v) is 1.46. The summed E-state index contributed by atoms with van der Waals surface area (Å²) in [7, 11) is 1.52. The topological polar surface area (TPSA) is 41.5 Å². The molecule has 0 aromatic rings. The van der Waals surface area contributed by atoms with Gasteiger partial charge in [0.2, 0.25) is 0 Å². The van der Waals surface area contributed by atoms with Gasteiger partial charge in [0.15, 0.2) is 6.29 Å². The van der Waals surface area contributed by atoms with Crippen LogP contribution in [-0.4, -0.2) is 31.6 Å². The minimum Gasteiger partial charge on any atom is -0.368 e. The van der Waals surface area contributed by atoms with Crippen LogP contribution in [0, 0.1) is 5.92 Å². The first-order chi connectivity index (χ1) is 3.84. The third-order valence-electron chi connectivity index (χ3n) is 1.46. The molecule has 0 spiro atoms. The van der Waals surface area contributed by atoms with E-state index in [2.05, 4.69) is 10.1 Å². The van der Waals surface area contributed by atoms with Gasteiger partial charge in [-0.05, 0) is 0 Å². The Morgan fingerprint density at radius 2 is 2.38 bits per heavy atom. The number of nitrogens with one attached hydrogen (secondary N) is 1. The van der Waals surface area contributed by atoms with E-state index in [0.717, 1.165) is 13.1 Å². The fourth-order valence-electron chi connectivity index (χ4n) is 0.705. The Hall–Kier alpha value is -0.120. The van der Waals surface area contributed by atoms with Crippen LogP contribution in [0.5, 0.6) is 0 Å². The lowest BCUT2D eigenvalue weighted by Crippen LogP contribution is -2.48. The second-order valence-electron chi connectivity index (χ2n) is 2.04. The highest BCUT2D eigenvalue weighted by atomic mass is 16.6. The van der Waals surface area contributed by atoms with Crippen molar-refractivity contribution in [1.82, 2.24) is 5.32 Å². The summed E-state index contributed by atoms with van der Waals surface area (Å²) >= 11 is 0. The standard InChI is InChI=1S/C5H11NO2/c1-8-5(7)4-2-6-3-4/h4-7H,2-3H2,1H3. The maximum Gasteiger partial charge on any atom is 0.159 e. The predicted octanol–water partition coefficient (Wildman–Crippen LogP) is -0.829. The Morgan fingerprint density at radius 1 is 1.75 bits per heavy atom. The van der Waals surface area contributed by atoms with E-state index >= 15 is 0 Å². The molecule has 1 heterocycles. The van der Waals surface area contributed by atoms with Gasteiger partial charge in [0.25, 0.3) is 0 Å². The Labute approximate surface area is 48.7 Å². The molecule has 0 radical (unpaired) electrons. The molecule has 1 rings (SSSR count). The number of aliphatic hydroxyl groups is 1. The zero-order valence-corrected chi connectivity index (χ0v) is 4.92. The molecule has 0 aromatic heterocycles. The van der Waals surface area contributed by atoms with Gasteiger partial charge >= 0.3 is 0 Å². The van der Waals surface area contributed by atoms with Gasteiger partial charge in [0, 0.05) is 26.1 Å². The summed E-state index contributed by atoms with van der Waals surface area (Å²) in [6, 6.07) is 0. The van der Waals surface area contributed by atoms with Crippen LogP contribution in [0.15, 0.2) is 0 Å². The van der Waals surface area contributed by atoms with E-state index < -0.39 is 6.29 Å². The minimum atomic E-state index is -0.559. The molecular formula is C5H11NO2. The molecule has 48 valence electrons. The normalized spacial score (nSPS) is 24.8. The third kappa shape index (κ3) is 0.992. The van der Waals surface area contributed by atoms with Gasteiger partial charge in [-0.2, -0.15) is 0 Å². The molecule has 0 bridgehead atoms. The molecule has 8 heavy (non-hydrogen) atoms. The van der Waals surface area contributed by atoms with Crippen molar-refractivity contribution >= 4 is 0 Å². The van der Waals surface area contributed by atoms with Crippen molar-refractivity contribution in [3.05, 3.63) is 0 Å². The smallest absolute Gasteiger partial charge is 0.159 e. The minimum absolute atomic E-state index is 0.319. The Balaban J connectivity index is 2.13. The van der Waals surface area contributed by atoms with E-state index in [0.29, 0.717) is 5.92 Å². The molecule has 1 saturated heterocycles. The van der Waals surface area contributed by atoms with Gasteiger partial charge in [-0.1, -0.05) is 0 Å². The number of methoxy groups -OCH3 is 1. The van der Waals surface area contributed by atoms with Gasteiger partial charge in [-0.15, -0.1) is 0 Å². The lowest BCUT2D eigenvalue weighted by Gasteiger charge is -2.30. The van der Waals surface area contributed by atoms with Gasteiger partial charge in [0.1, 0.15) is 0 Å². The Kier molecular flexibility index (Phi) is 1.83. The maximum absolute atomic E-state index is 8.92. The highest BCUT2D eigenvalue weighted by Gasteiger charge is 2.24. The van der Waals surface area contributed by atoms with Gasteiger partial charge in [-0.25, -0.2) is 0 Å². The Bertz CT molecular complexity index is 70.1. The van der Waals surface area contributed by atoms with Crippen LogP contribution in [0.3, 0.4) is 0 Å². The molecule has 0 aliphatic carbocycles. The molecule has 0 amide bonds. The van der Waals surface area contributed by atoms with Crippen molar-refractivity contribution in [2.45, 2.75) is 6.29 Å². The second-order valence-corrected chi connectivity index (χ2v) is 2.04. The average Bonchev–Trinajstić information content (AvgIpc) is 1.62. The number of hydrogen-bond donors (Lipinski definition) is 2. The lowest BCUT2D eigenvalue weighted by molar-refractivity contribution is -0.123. The molecule has 1 atom stereocenters. The SMILES string of the molecule is COC(O)C1CNC1. The zero-order valence-electron chi connectivity index (χ0n) is 4.92. The first-order valence-electron chi connectivity index (χ1n) is 2.76. The quantitative estimate of drug-likeness (QED) is 0.464. The number of hydrogen-bond acceptors (Lipinski definition) is 3. The Morgan fingerprint density at radius 3 is 2.50 bits per heavy atom. The average molecular weight is 117 g/mol. The zero-order chi connectivity index (χ0) is 5.98. The first-order valence-corrected chi connectivity index (χ1v) is 2.76. The van der Waals surface area contributed by atoms with Crippen LogP contribution in [0.25, 0.3) is 0 Å². The summed E-state index contributed by atoms with van der Waals surface area (Å²) in [5.74, 6) is 0.319. The van der Waals surface area contributed by atoms with Gasteiger partial charge < -0.3 is 15.2 Å². The molecule has 0 saturated carbocycles. The highest BCUT2D eigenvalue weighted by Crippen LogP contribution is 2.08. The molecule has 1 aliphatic rings. The molecule has 3 nitrogen and oxygen atoms in total. The summed E-state index contributed by atoms with van der Waals surface area (Å²) in [5, 5.41) is 12.0. The monoisotopic (exact) mass is 117 g/mol. The molecule has 3 heteroatoms. The fourth-order valence-corrected chi connectivity index (χ4v) is 0.705. The van der Waals surface area contributed by atoms with Crippen molar-refractivity contribution < 1.29 is 9.84 Å². The second kappa shape index (κ2) is 2.44. The lowest BCUT2D eigenvalue weighted by atomic mass is 10.0. The van der Waals surface area contributed by atoms with Crippen molar-refractivity contribution in [2.75, 3.05) is 20.2 Å². The van der Waals surface area contributed by atoms with Crippen molar-refractivity contribution in [1.29, 1.82) is 0 Å². The van der Waals surface area contributed by atoms with E-state index in [-0.39, 0.29) is 0 Å². The van der Waals surface area contributed by atoms with Crippen LogP contribution in [-0.2, 0) is 4.74 Å². The number of rotatable bonds is 2. The first kappa shape index (κ1) is 6.01. The maximum atomic E-state index is 8.92. The summed E-state index contributed by atoms with van der Waals surface area (Å²) in [4.78, 5) is 0. The van der Waals surface area contributed by atoms with Crippen LogP contribution < -0.4 is 5.32 Å². The van der Waals surface area contributed by atoms with Crippen LogP contribution in [0.2, 0.25) is 0 Å². The molecule has 2 N–H and O–H groups in total. The predicted molar refractivity (Wildman–Crippen MR) is 29.4 cm³/mol. The van der Waals surface area contributed by atoms with Crippen molar-refractivity contribution in [3.8, 4) is 0 Å². The van der Waals surface area contributed by atoms with E-state index in [4.69, 9.17) is 5.11 Å². The van der Waals surface area contributed by atoms with Crippen molar-refractivity contribution in [2.24, 2.45) is 5.92 Å². The molecule has 1 fully saturated rings. The largest absolute Gasteiger partial charge is 0.368 e. The summed E-state index contributed by atoms with van der Waals surface area (Å²) in [6.45, 7) is 1.77. The highest BCUT2D eigenvalue weighted by molar-refractivity contribution is 4.76. The van der Waals surface area contributed by atoms with Gasteiger partial charge in [-0.3, -0.25) is 0 Å². The molecule has 1 aliphatic heterocycles. The van der Waals surface area contributed by atoms with Crippen molar-refractivity contribution in [3.63, 3.8) is 0 Å².